The Bertz CT molecular complexity index is 579. The van der Waals surface area contributed by atoms with Crippen LogP contribution in [-0.2, 0) is 11.3 Å². The molecule has 0 unspecified atom stereocenters. The molecule has 1 aromatic heterocycles. The number of aromatic nitrogens is 1. The molecule has 1 amide bonds. The number of benzene rings is 1. The van der Waals surface area contributed by atoms with E-state index in [1.807, 2.05) is 38.1 Å². The predicted molar refractivity (Wildman–Crippen MR) is 84.6 cm³/mol. The Labute approximate surface area is 129 Å². The second kappa shape index (κ2) is 6.33. The van der Waals surface area contributed by atoms with Crippen molar-refractivity contribution in [3.8, 4) is 0 Å². The fourth-order valence-electron chi connectivity index (χ4n) is 1.57. The van der Waals surface area contributed by atoms with Gasteiger partial charge in [0.05, 0.1) is 11.4 Å². The normalized spacial score (nSPS) is 10.3. The molecule has 0 aliphatic heterocycles. The highest BCUT2D eigenvalue weighted by molar-refractivity contribution is 14.1. The van der Waals surface area contributed by atoms with Crippen LogP contribution in [0.3, 0.4) is 0 Å². The number of aryl methyl sites for hydroxylation is 2. The van der Waals surface area contributed by atoms with Crippen molar-refractivity contribution < 1.29 is 9.53 Å². The fourth-order valence-corrected chi connectivity index (χ4v) is 2.99. The van der Waals surface area contributed by atoms with Gasteiger partial charge in [0.2, 0.25) is 0 Å². The molecule has 19 heavy (non-hydrogen) atoms. The molecule has 6 heteroatoms. The molecule has 1 aromatic carbocycles. The average molecular weight is 388 g/mol. The van der Waals surface area contributed by atoms with E-state index in [1.165, 1.54) is 11.5 Å². The summed E-state index contributed by atoms with van der Waals surface area (Å²) in [5.41, 5.74) is 3.67. The maximum absolute atomic E-state index is 11.7. The van der Waals surface area contributed by atoms with E-state index in [-0.39, 0.29) is 6.61 Å². The number of hydrogen-bond donors (Lipinski definition) is 1. The van der Waals surface area contributed by atoms with E-state index in [0.717, 1.165) is 25.4 Å². The van der Waals surface area contributed by atoms with Gasteiger partial charge in [0.1, 0.15) is 9.49 Å². The number of ether oxygens (including phenoxy) is 1. The van der Waals surface area contributed by atoms with Gasteiger partial charge in [-0.3, -0.25) is 5.32 Å². The highest BCUT2D eigenvalue weighted by atomic mass is 127. The van der Waals surface area contributed by atoms with Gasteiger partial charge < -0.3 is 4.74 Å². The van der Waals surface area contributed by atoms with Gasteiger partial charge in [0, 0.05) is 0 Å². The lowest BCUT2D eigenvalue weighted by molar-refractivity contribution is 0.155. The molecule has 100 valence electrons. The van der Waals surface area contributed by atoms with Crippen molar-refractivity contribution in [2.24, 2.45) is 0 Å². The Morgan fingerprint density at radius 2 is 2.26 bits per heavy atom. The highest BCUT2D eigenvalue weighted by Gasteiger charge is 2.12. The highest BCUT2D eigenvalue weighted by Crippen LogP contribution is 2.25. The van der Waals surface area contributed by atoms with Crippen LogP contribution < -0.4 is 5.32 Å². The number of halogens is 1. The third kappa shape index (κ3) is 3.90. The van der Waals surface area contributed by atoms with Crippen molar-refractivity contribution in [3.63, 3.8) is 0 Å². The summed E-state index contributed by atoms with van der Waals surface area (Å²) in [6, 6.07) is 7.88. The molecule has 2 rings (SSSR count). The molecule has 0 spiro atoms. The van der Waals surface area contributed by atoms with E-state index in [9.17, 15) is 4.79 Å². The summed E-state index contributed by atoms with van der Waals surface area (Å²) in [7, 11) is 0. The summed E-state index contributed by atoms with van der Waals surface area (Å²) in [5, 5.41) is 2.72. The first kappa shape index (κ1) is 14.3. The van der Waals surface area contributed by atoms with Crippen LogP contribution in [-0.4, -0.2) is 10.5 Å². The number of carbonyl (C=O) groups is 1. The van der Waals surface area contributed by atoms with Crippen molar-refractivity contribution >= 4 is 45.9 Å². The summed E-state index contributed by atoms with van der Waals surface area (Å²) in [4.78, 5) is 11.7. The average Bonchev–Trinajstić information content (AvgIpc) is 2.68. The van der Waals surface area contributed by atoms with Gasteiger partial charge in [-0.05, 0) is 53.5 Å². The Hall–Kier alpha value is -1.15. The van der Waals surface area contributed by atoms with Gasteiger partial charge in [0.25, 0.3) is 0 Å². The fraction of sp³-hybridized carbons (Fsp3) is 0.231. The number of hydrogen-bond acceptors (Lipinski definition) is 4. The molecule has 0 fully saturated rings. The summed E-state index contributed by atoms with van der Waals surface area (Å²) < 4.78 is 10.3. The van der Waals surface area contributed by atoms with Crippen LogP contribution >= 0.6 is 34.1 Å². The third-order valence-electron chi connectivity index (χ3n) is 2.50. The predicted octanol–water partition coefficient (Wildman–Crippen LogP) is 4.11. The number of amides is 1. The molecule has 0 aliphatic rings. The first-order valence-electron chi connectivity index (χ1n) is 5.67. The lowest BCUT2D eigenvalue weighted by Gasteiger charge is -2.07. The Morgan fingerprint density at radius 1 is 1.47 bits per heavy atom. The summed E-state index contributed by atoms with van der Waals surface area (Å²) in [5.74, 6) is 0. The Balaban J connectivity index is 1.92. The first-order valence-corrected chi connectivity index (χ1v) is 7.52. The molecule has 1 N–H and O–H groups in total. The zero-order valence-corrected chi connectivity index (χ0v) is 13.5. The molecule has 0 bridgehead atoms. The molecular weight excluding hydrogens is 375 g/mol. The smallest absolute Gasteiger partial charge is 0.412 e. The number of carbonyl (C=O) groups excluding carboxylic acids is 1. The minimum atomic E-state index is -0.456. The third-order valence-corrected chi connectivity index (χ3v) is 4.36. The van der Waals surface area contributed by atoms with Crippen LogP contribution in [0, 0.1) is 16.7 Å². The lowest BCUT2D eigenvalue weighted by Crippen LogP contribution is -2.14. The summed E-state index contributed by atoms with van der Waals surface area (Å²) >= 11 is 3.50. The van der Waals surface area contributed by atoms with Crippen LogP contribution in [0.2, 0.25) is 0 Å². The molecule has 0 radical (unpaired) electrons. The lowest BCUT2D eigenvalue weighted by atomic mass is 10.1. The summed E-state index contributed by atoms with van der Waals surface area (Å²) in [6.07, 6.45) is -0.456. The van der Waals surface area contributed by atoms with Crippen LogP contribution in [0.25, 0.3) is 0 Å². The van der Waals surface area contributed by atoms with E-state index < -0.39 is 6.09 Å². The maximum atomic E-state index is 11.7. The van der Waals surface area contributed by atoms with Gasteiger partial charge in [-0.15, -0.1) is 0 Å². The van der Waals surface area contributed by atoms with Crippen LogP contribution in [0.15, 0.2) is 24.3 Å². The van der Waals surface area contributed by atoms with Crippen molar-refractivity contribution in [1.82, 2.24) is 4.37 Å². The molecule has 0 saturated carbocycles. The molecule has 0 aliphatic carbocycles. The zero-order valence-electron chi connectivity index (χ0n) is 10.6. The monoisotopic (exact) mass is 388 g/mol. The SMILES string of the molecule is Cc1cccc(COC(=O)Nc2c(C)nsc2I)c1. The minimum Gasteiger partial charge on any atom is -0.444 e. The van der Waals surface area contributed by atoms with Crippen LogP contribution in [0.4, 0.5) is 10.5 Å². The standard InChI is InChI=1S/C13H13IN2O2S/c1-8-4-3-5-10(6-8)7-18-13(17)15-11-9(2)16-19-12(11)14/h3-6H,7H2,1-2H3,(H,15,17). The minimum absolute atomic E-state index is 0.265. The Morgan fingerprint density at radius 3 is 2.89 bits per heavy atom. The number of nitrogens with one attached hydrogen (secondary N) is 1. The van der Waals surface area contributed by atoms with Crippen LogP contribution in [0.1, 0.15) is 16.8 Å². The van der Waals surface area contributed by atoms with Gasteiger partial charge >= 0.3 is 6.09 Å². The largest absolute Gasteiger partial charge is 0.444 e. The zero-order chi connectivity index (χ0) is 13.8. The van der Waals surface area contributed by atoms with E-state index in [1.54, 1.807) is 0 Å². The number of anilines is 1. The summed E-state index contributed by atoms with van der Waals surface area (Å²) in [6.45, 7) is 4.13. The van der Waals surface area contributed by atoms with E-state index in [2.05, 4.69) is 32.3 Å². The molecular formula is C13H13IN2O2S. The molecule has 0 saturated heterocycles. The van der Waals surface area contributed by atoms with Crippen molar-refractivity contribution in [2.75, 3.05) is 5.32 Å². The van der Waals surface area contributed by atoms with E-state index in [4.69, 9.17) is 4.74 Å². The quantitative estimate of drug-likeness (QED) is 0.806. The van der Waals surface area contributed by atoms with Crippen molar-refractivity contribution in [1.29, 1.82) is 0 Å². The van der Waals surface area contributed by atoms with Gasteiger partial charge in [-0.2, -0.15) is 4.37 Å². The topological polar surface area (TPSA) is 51.2 Å². The molecule has 0 atom stereocenters. The second-order valence-corrected chi connectivity index (χ2v) is 6.69. The molecule has 1 heterocycles. The van der Waals surface area contributed by atoms with E-state index >= 15 is 0 Å². The maximum Gasteiger partial charge on any atom is 0.412 e. The van der Waals surface area contributed by atoms with Gasteiger partial charge in [0.15, 0.2) is 0 Å². The van der Waals surface area contributed by atoms with E-state index in [0.29, 0.717) is 0 Å². The number of rotatable bonds is 3. The van der Waals surface area contributed by atoms with Crippen molar-refractivity contribution in [2.45, 2.75) is 20.5 Å². The first-order chi connectivity index (χ1) is 9.06. The molecule has 4 nitrogen and oxygen atoms in total. The van der Waals surface area contributed by atoms with Crippen molar-refractivity contribution in [3.05, 3.63) is 44.0 Å². The van der Waals surface area contributed by atoms with Gasteiger partial charge in [-0.1, -0.05) is 29.8 Å². The van der Waals surface area contributed by atoms with Gasteiger partial charge in [-0.25, -0.2) is 4.79 Å². The number of nitrogens with zero attached hydrogens (tertiary/aromatic N) is 1. The Kier molecular flexibility index (Phi) is 4.76. The molecule has 2 aromatic rings. The second-order valence-electron chi connectivity index (χ2n) is 4.11. The van der Waals surface area contributed by atoms with Crippen LogP contribution in [0.5, 0.6) is 0 Å².